The predicted molar refractivity (Wildman–Crippen MR) is 58.1 cm³/mol. The molecule has 0 unspecified atom stereocenters. The highest BCUT2D eigenvalue weighted by molar-refractivity contribution is 5.84. The van der Waals surface area contributed by atoms with Gasteiger partial charge in [-0.15, -0.1) is 0 Å². The van der Waals surface area contributed by atoms with E-state index in [9.17, 15) is 9.90 Å². The Morgan fingerprint density at radius 2 is 2.44 bits per heavy atom. The van der Waals surface area contributed by atoms with Crippen LogP contribution in [0.2, 0.25) is 0 Å². The maximum atomic E-state index is 11.0. The number of aliphatic hydroxyl groups excluding tert-OH is 1. The molecule has 4 nitrogen and oxygen atoms in total. The average Bonchev–Trinajstić information content (AvgIpc) is 2.36. The van der Waals surface area contributed by atoms with Crippen molar-refractivity contribution in [1.82, 2.24) is 0 Å². The first-order valence-corrected chi connectivity index (χ1v) is 5.23. The highest BCUT2D eigenvalue weighted by Crippen LogP contribution is 2.37. The van der Waals surface area contributed by atoms with E-state index in [0.29, 0.717) is 29.2 Å². The summed E-state index contributed by atoms with van der Waals surface area (Å²) >= 11 is 0. The molecule has 0 saturated carbocycles. The zero-order chi connectivity index (χ0) is 11.5. The molecule has 1 aromatic rings. The highest BCUT2D eigenvalue weighted by Gasteiger charge is 2.21. The van der Waals surface area contributed by atoms with Gasteiger partial charge in [0.1, 0.15) is 11.5 Å². The van der Waals surface area contributed by atoms with Crippen molar-refractivity contribution >= 4 is 6.29 Å². The van der Waals surface area contributed by atoms with Crippen LogP contribution in [-0.2, 0) is 13.0 Å². The van der Waals surface area contributed by atoms with Crippen LogP contribution in [0.4, 0.5) is 0 Å². The third kappa shape index (κ3) is 1.65. The normalized spacial score (nSPS) is 13.9. The number of carbonyl (C=O) groups is 1. The van der Waals surface area contributed by atoms with Crippen molar-refractivity contribution in [1.29, 1.82) is 0 Å². The third-order valence-corrected chi connectivity index (χ3v) is 2.79. The summed E-state index contributed by atoms with van der Waals surface area (Å²) in [5, 5.41) is 9.20. The van der Waals surface area contributed by atoms with Crippen molar-refractivity contribution in [2.45, 2.75) is 19.4 Å². The second kappa shape index (κ2) is 4.53. The minimum atomic E-state index is -0.193. The predicted octanol–water partition coefficient (Wildman–Crippen LogP) is 1.32. The van der Waals surface area contributed by atoms with Crippen molar-refractivity contribution in [3.63, 3.8) is 0 Å². The number of aliphatic hydroxyl groups is 1. The Morgan fingerprint density at radius 3 is 3.06 bits per heavy atom. The van der Waals surface area contributed by atoms with E-state index in [-0.39, 0.29) is 6.61 Å². The van der Waals surface area contributed by atoms with Gasteiger partial charge in [-0.1, -0.05) is 0 Å². The van der Waals surface area contributed by atoms with Gasteiger partial charge in [0.05, 0.1) is 25.9 Å². The molecular formula is C12H14O4. The van der Waals surface area contributed by atoms with Gasteiger partial charge in [-0.05, 0) is 24.5 Å². The maximum absolute atomic E-state index is 11.0. The summed E-state index contributed by atoms with van der Waals surface area (Å²) in [5.74, 6) is 1.26. The minimum Gasteiger partial charge on any atom is -0.496 e. The number of methoxy groups -OCH3 is 1. The van der Waals surface area contributed by atoms with Gasteiger partial charge >= 0.3 is 0 Å². The van der Waals surface area contributed by atoms with E-state index >= 15 is 0 Å². The smallest absolute Gasteiger partial charge is 0.154 e. The highest BCUT2D eigenvalue weighted by atomic mass is 16.5. The molecule has 0 aliphatic carbocycles. The summed E-state index contributed by atoms with van der Waals surface area (Å²) < 4.78 is 10.8. The van der Waals surface area contributed by atoms with Gasteiger partial charge in [0, 0.05) is 5.56 Å². The van der Waals surface area contributed by atoms with Crippen LogP contribution in [0.3, 0.4) is 0 Å². The van der Waals surface area contributed by atoms with Crippen LogP contribution < -0.4 is 9.47 Å². The van der Waals surface area contributed by atoms with Crippen LogP contribution in [-0.4, -0.2) is 25.1 Å². The molecule has 0 radical (unpaired) electrons. The molecule has 1 aliphatic rings. The number of hydrogen-bond acceptors (Lipinski definition) is 4. The summed E-state index contributed by atoms with van der Waals surface area (Å²) in [6.07, 6.45) is 2.49. The van der Waals surface area contributed by atoms with Crippen molar-refractivity contribution in [2.24, 2.45) is 0 Å². The topological polar surface area (TPSA) is 55.8 Å². The molecular weight excluding hydrogens is 208 g/mol. The molecule has 0 bridgehead atoms. The zero-order valence-corrected chi connectivity index (χ0v) is 9.16. The second-order valence-electron chi connectivity index (χ2n) is 3.69. The Hall–Kier alpha value is -1.55. The molecule has 1 aliphatic heterocycles. The summed E-state index contributed by atoms with van der Waals surface area (Å²) in [4.78, 5) is 11.0. The van der Waals surface area contributed by atoms with Crippen LogP contribution in [0, 0.1) is 0 Å². The summed E-state index contributed by atoms with van der Waals surface area (Å²) in [5.41, 5.74) is 1.92. The van der Waals surface area contributed by atoms with E-state index in [2.05, 4.69) is 0 Å². The van der Waals surface area contributed by atoms with Crippen molar-refractivity contribution in [3.05, 3.63) is 22.8 Å². The van der Waals surface area contributed by atoms with Crippen LogP contribution in [0.5, 0.6) is 11.5 Å². The van der Waals surface area contributed by atoms with Gasteiger partial charge in [-0.2, -0.15) is 0 Å². The molecule has 1 aromatic carbocycles. The lowest BCUT2D eigenvalue weighted by Crippen LogP contribution is -2.13. The van der Waals surface area contributed by atoms with Crippen LogP contribution in [0.25, 0.3) is 0 Å². The number of rotatable bonds is 3. The Bertz CT molecular complexity index is 412. The molecule has 0 fully saturated rings. The lowest BCUT2D eigenvalue weighted by atomic mass is 9.97. The number of ether oxygens (including phenoxy) is 2. The summed E-state index contributed by atoms with van der Waals surface area (Å²) in [7, 11) is 1.58. The molecule has 1 heterocycles. The number of benzene rings is 1. The van der Waals surface area contributed by atoms with Crippen LogP contribution in [0.15, 0.2) is 6.07 Å². The first-order chi connectivity index (χ1) is 7.81. The fourth-order valence-electron chi connectivity index (χ4n) is 2.01. The van der Waals surface area contributed by atoms with E-state index in [1.165, 1.54) is 0 Å². The molecule has 0 spiro atoms. The second-order valence-corrected chi connectivity index (χ2v) is 3.69. The summed E-state index contributed by atoms with van der Waals surface area (Å²) in [6, 6.07) is 1.71. The SMILES string of the molecule is COc1cc(CO)c(C=O)c2c1CCCO2. The molecule has 4 heteroatoms. The first kappa shape index (κ1) is 11.0. The Labute approximate surface area is 93.8 Å². The number of fused-ring (bicyclic) bond motifs is 1. The Kier molecular flexibility index (Phi) is 3.10. The molecule has 1 N–H and O–H groups in total. The van der Waals surface area contributed by atoms with Crippen LogP contribution in [0.1, 0.15) is 27.9 Å². The van der Waals surface area contributed by atoms with Gasteiger partial charge in [0.15, 0.2) is 6.29 Å². The quantitative estimate of drug-likeness (QED) is 0.784. The fraction of sp³-hybridized carbons (Fsp3) is 0.417. The molecule has 86 valence electrons. The summed E-state index contributed by atoms with van der Waals surface area (Å²) in [6.45, 7) is 0.410. The van der Waals surface area contributed by atoms with Crippen molar-refractivity contribution < 1.29 is 19.4 Å². The first-order valence-electron chi connectivity index (χ1n) is 5.23. The van der Waals surface area contributed by atoms with Crippen molar-refractivity contribution in [2.75, 3.05) is 13.7 Å². The molecule has 0 amide bonds. The zero-order valence-electron chi connectivity index (χ0n) is 9.16. The van der Waals surface area contributed by atoms with E-state index in [1.807, 2.05) is 0 Å². The van der Waals surface area contributed by atoms with E-state index < -0.39 is 0 Å². The fourth-order valence-corrected chi connectivity index (χ4v) is 2.01. The van der Waals surface area contributed by atoms with Gasteiger partial charge in [-0.3, -0.25) is 4.79 Å². The molecule has 0 atom stereocenters. The number of hydrogen-bond donors (Lipinski definition) is 1. The standard InChI is InChI=1S/C12H14O4/c1-15-11-5-8(6-13)10(7-14)12-9(11)3-2-4-16-12/h5,7,13H,2-4,6H2,1H3. The third-order valence-electron chi connectivity index (χ3n) is 2.79. The van der Waals surface area contributed by atoms with E-state index in [0.717, 1.165) is 24.7 Å². The monoisotopic (exact) mass is 222 g/mol. The number of aldehydes is 1. The molecule has 16 heavy (non-hydrogen) atoms. The van der Waals surface area contributed by atoms with Gasteiger partial charge < -0.3 is 14.6 Å². The molecule has 0 saturated heterocycles. The average molecular weight is 222 g/mol. The minimum absolute atomic E-state index is 0.193. The van der Waals surface area contributed by atoms with Gasteiger partial charge in [0.2, 0.25) is 0 Å². The van der Waals surface area contributed by atoms with Gasteiger partial charge in [-0.25, -0.2) is 0 Å². The molecule has 2 rings (SSSR count). The van der Waals surface area contributed by atoms with E-state index in [1.54, 1.807) is 13.2 Å². The lowest BCUT2D eigenvalue weighted by Gasteiger charge is -2.22. The van der Waals surface area contributed by atoms with Crippen molar-refractivity contribution in [3.8, 4) is 11.5 Å². The van der Waals surface area contributed by atoms with Gasteiger partial charge in [0.25, 0.3) is 0 Å². The van der Waals surface area contributed by atoms with Crippen LogP contribution >= 0.6 is 0 Å². The maximum Gasteiger partial charge on any atom is 0.154 e. The van der Waals surface area contributed by atoms with E-state index in [4.69, 9.17) is 9.47 Å². The number of carbonyl (C=O) groups excluding carboxylic acids is 1. The Morgan fingerprint density at radius 1 is 1.62 bits per heavy atom. The molecule has 0 aromatic heterocycles. The Balaban J connectivity index is 2.64. The largest absolute Gasteiger partial charge is 0.496 e. The lowest BCUT2D eigenvalue weighted by molar-refractivity contribution is 0.111.